The average Bonchev–Trinajstić information content (AvgIpc) is 2.74. The van der Waals surface area contributed by atoms with E-state index in [1.165, 1.54) is 38.5 Å². The van der Waals surface area contributed by atoms with Crippen molar-refractivity contribution >= 4 is 5.82 Å². The molecule has 1 aromatic rings. The van der Waals surface area contributed by atoms with Crippen LogP contribution in [0.25, 0.3) is 0 Å². The maximum atomic E-state index is 4.30. The van der Waals surface area contributed by atoms with E-state index in [1.54, 1.807) is 6.33 Å². The Hall–Kier alpha value is -1.12. The van der Waals surface area contributed by atoms with E-state index in [4.69, 9.17) is 0 Å². The van der Waals surface area contributed by atoms with Crippen LogP contribution in [0, 0.1) is 12.8 Å². The number of hydrogen-bond donors (Lipinski definition) is 1. The van der Waals surface area contributed by atoms with Gasteiger partial charge in [0.15, 0.2) is 0 Å². The first-order valence-electron chi connectivity index (χ1n) is 6.84. The molecule has 0 spiro atoms. The van der Waals surface area contributed by atoms with E-state index in [0.29, 0.717) is 6.04 Å². The molecule has 0 aromatic carbocycles. The third kappa shape index (κ3) is 3.42. The number of anilines is 1. The van der Waals surface area contributed by atoms with Crippen LogP contribution < -0.4 is 5.32 Å². The lowest BCUT2D eigenvalue weighted by Gasteiger charge is -2.21. The number of nitrogens with one attached hydrogen (secondary N) is 1. The van der Waals surface area contributed by atoms with Crippen LogP contribution in [0.5, 0.6) is 0 Å². The summed E-state index contributed by atoms with van der Waals surface area (Å²) in [5.74, 6) is 1.83. The minimum atomic E-state index is 0.621. The van der Waals surface area contributed by atoms with E-state index in [9.17, 15) is 0 Å². The predicted octanol–water partition coefficient (Wildman–Crippen LogP) is 3.56. The van der Waals surface area contributed by atoms with Gasteiger partial charge in [0.1, 0.15) is 12.1 Å². The van der Waals surface area contributed by atoms with Crippen LogP contribution in [0.4, 0.5) is 5.82 Å². The summed E-state index contributed by atoms with van der Waals surface area (Å²) in [7, 11) is 0. The number of nitrogens with zero attached hydrogens (tertiary/aromatic N) is 2. The standard InChI is InChI=1S/C14H23N3/c1-3-4-6-12-7-5-8-13(12)17-14-9-11(2)15-10-16-14/h9-10,12-13H,3-8H2,1-2H3,(H,15,16,17)/t12-,13-/m1/s1. The van der Waals surface area contributed by atoms with Gasteiger partial charge in [0.05, 0.1) is 0 Å². The fourth-order valence-electron chi connectivity index (χ4n) is 2.76. The van der Waals surface area contributed by atoms with Crippen LogP contribution >= 0.6 is 0 Å². The minimum absolute atomic E-state index is 0.621. The highest BCUT2D eigenvalue weighted by Gasteiger charge is 2.26. The van der Waals surface area contributed by atoms with Gasteiger partial charge in [0.25, 0.3) is 0 Å². The smallest absolute Gasteiger partial charge is 0.129 e. The Morgan fingerprint density at radius 1 is 1.35 bits per heavy atom. The van der Waals surface area contributed by atoms with Crippen LogP contribution in [0.1, 0.15) is 51.1 Å². The zero-order valence-electron chi connectivity index (χ0n) is 10.9. The van der Waals surface area contributed by atoms with E-state index in [1.807, 2.05) is 13.0 Å². The van der Waals surface area contributed by atoms with Crippen molar-refractivity contribution in [2.75, 3.05) is 5.32 Å². The number of hydrogen-bond acceptors (Lipinski definition) is 3. The molecule has 1 aromatic heterocycles. The molecule has 2 atom stereocenters. The number of rotatable bonds is 5. The number of unbranched alkanes of at least 4 members (excludes halogenated alkanes) is 1. The Morgan fingerprint density at radius 3 is 3.00 bits per heavy atom. The topological polar surface area (TPSA) is 37.8 Å². The van der Waals surface area contributed by atoms with Crippen LogP contribution in [0.15, 0.2) is 12.4 Å². The second-order valence-corrected chi connectivity index (χ2v) is 5.13. The van der Waals surface area contributed by atoms with Gasteiger partial charge in [-0.1, -0.05) is 26.2 Å². The lowest BCUT2D eigenvalue weighted by molar-refractivity contribution is 0.448. The Labute approximate surface area is 104 Å². The summed E-state index contributed by atoms with van der Waals surface area (Å²) in [5.41, 5.74) is 1.03. The molecule has 1 fully saturated rings. The van der Waals surface area contributed by atoms with Crippen molar-refractivity contribution in [1.82, 2.24) is 9.97 Å². The maximum absolute atomic E-state index is 4.30. The summed E-state index contributed by atoms with van der Waals surface area (Å²) >= 11 is 0. The van der Waals surface area contributed by atoms with Gasteiger partial charge in [-0.2, -0.15) is 0 Å². The summed E-state index contributed by atoms with van der Waals surface area (Å²) < 4.78 is 0. The van der Waals surface area contributed by atoms with Crippen molar-refractivity contribution in [3.63, 3.8) is 0 Å². The first kappa shape index (κ1) is 12.3. The van der Waals surface area contributed by atoms with Gasteiger partial charge < -0.3 is 5.32 Å². The molecule has 0 radical (unpaired) electrons. The SMILES string of the molecule is CCCC[C@@H]1CCC[C@H]1Nc1cc(C)ncn1. The first-order valence-corrected chi connectivity index (χ1v) is 6.84. The monoisotopic (exact) mass is 233 g/mol. The predicted molar refractivity (Wildman–Crippen MR) is 71.0 cm³/mol. The largest absolute Gasteiger partial charge is 0.367 e. The van der Waals surface area contributed by atoms with Crippen LogP contribution in [-0.4, -0.2) is 16.0 Å². The molecule has 1 aliphatic carbocycles. The quantitative estimate of drug-likeness (QED) is 0.845. The molecule has 0 unspecified atom stereocenters. The zero-order valence-corrected chi connectivity index (χ0v) is 10.9. The maximum Gasteiger partial charge on any atom is 0.129 e. The fraction of sp³-hybridized carbons (Fsp3) is 0.714. The van der Waals surface area contributed by atoms with Crippen molar-refractivity contribution in [3.8, 4) is 0 Å². The van der Waals surface area contributed by atoms with Gasteiger partial charge in [0, 0.05) is 17.8 Å². The van der Waals surface area contributed by atoms with E-state index >= 15 is 0 Å². The Balaban J connectivity index is 1.93. The molecule has 0 amide bonds. The molecule has 1 N–H and O–H groups in total. The molecule has 17 heavy (non-hydrogen) atoms. The number of aromatic nitrogens is 2. The lowest BCUT2D eigenvalue weighted by Crippen LogP contribution is -2.24. The van der Waals surface area contributed by atoms with E-state index < -0.39 is 0 Å². The average molecular weight is 233 g/mol. The molecule has 94 valence electrons. The molecule has 1 heterocycles. The summed E-state index contributed by atoms with van der Waals surface area (Å²) in [6.45, 7) is 4.28. The van der Waals surface area contributed by atoms with Crippen molar-refractivity contribution in [1.29, 1.82) is 0 Å². The highest BCUT2D eigenvalue weighted by molar-refractivity contribution is 5.36. The molecule has 3 nitrogen and oxygen atoms in total. The van der Waals surface area contributed by atoms with Gasteiger partial charge in [0.2, 0.25) is 0 Å². The van der Waals surface area contributed by atoms with Gasteiger partial charge in [-0.05, 0) is 32.1 Å². The third-order valence-electron chi connectivity index (χ3n) is 3.72. The highest BCUT2D eigenvalue weighted by Crippen LogP contribution is 2.31. The Morgan fingerprint density at radius 2 is 2.24 bits per heavy atom. The van der Waals surface area contributed by atoms with E-state index in [-0.39, 0.29) is 0 Å². The van der Waals surface area contributed by atoms with E-state index in [0.717, 1.165) is 17.4 Å². The van der Waals surface area contributed by atoms with Crippen LogP contribution in [0.3, 0.4) is 0 Å². The van der Waals surface area contributed by atoms with Crippen molar-refractivity contribution in [2.45, 2.75) is 58.4 Å². The van der Waals surface area contributed by atoms with Crippen LogP contribution in [-0.2, 0) is 0 Å². The Bertz CT molecular complexity index is 351. The molecule has 1 saturated carbocycles. The van der Waals surface area contributed by atoms with Crippen LogP contribution in [0.2, 0.25) is 0 Å². The Kier molecular flexibility index (Phi) is 4.35. The van der Waals surface area contributed by atoms with Gasteiger partial charge in [-0.3, -0.25) is 0 Å². The molecule has 0 bridgehead atoms. The summed E-state index contributed by atoms with van der Waals surface area (Å²) in [4.78, 5) is 8.43. The molecule has 2 rings (SSSR count). The highest BCUT2D eigenvalue weighted by atomic mass is 15.0. The molecule has 0 aliphatic heterocycles. The lowest BCUT2D eigenvalue weighted by atomic mass is 9.97. The number of aryl methyl sites for hydroxylation is 1. The zero-order chi connectivity index (χ0) is 12.1. The summed E-state index contributed by atoms with van der Waals surface area (Å²) in [6, 6.07) is 2.66. The van der Waals surface area contributed by atoms with Gasteiger partial charge in [-0.25, -0.2) is 9.97 Å². The molecule has 0 saturated heterocycles. The molecule has 3 heteroatoms. The third-order valence-corrected chi connectivity index (χ3v) is 3.72. The van der Waals surface area contributed by atoms with Crippen molar-refractivity contribution in [2.24, 2.45) is 5.92 Å². The first-order chi connectivity index (χ1) is 8.29. The van der Waals surface area contributed by atoms with Crippen molar-refractivity contribution < 1.29 is 0 Å². The summed E-state index contributed by atoms with van der Waals surface area (Å²) in [5, 5.41) is 3.59. The second kappa shape index (κ2) is 5.99. The molecular formula is C14H23N3. The molecular weight excluding hydrogens is 210 g/mol. The van der Waals surface area contributed by atoms with Gasteiger partial charge >= 0.3 is 0 Å². The van der Waals surface area contributed by atoms with Crippen molar-refractivity contribution in [3.05, 3.63) is 18.1 Å². The minimum Gasteiger partial charge on any atom is -0.367 e. The normalized spacial score (nSPS) is 23.9. The fourth-order valence-corrected chi connectivity index (χ4v) is 2.76. The van der Waals surface area contributed by atoms with E-state index in [2.05, 4.69) is 22.2 Å². The molecule has 1 aliphatic rings. The second-order valence-electron chi connectivity index (χ2n) is 5.13. The van der Waals surface area contributed by atoms with Gasteiger partial charge in [-0.15, -0.1) is 0 Å². The summed E-state index contributed by atoms with van der Waals surface area (Å²) in [6.07, 6.45) is 9.68.